The van der Waals surface area contributed by atoms with Crippen LogP contribution in [0.4, 0.5) is 0 Å². The molecule has 1 aromatic carbocycles. The lowest BCUT2D eigenvalue weighted by Crippen LogP contribution is -2.19. The SMILES string of the molecule is CC(C)n1[nH]c2cccc(CC(=O)O)c2c1=O. The fraction of sp³-hybridized carbons (Fsp3) is 0.333. The molecule has 0 saturated carbocycles. The molecule has 1 heterocycles. The minimum atomic E-state index is -0.936. The number of aromatic amines is 1. The van der Waals surface area contributed by atoms with Crippen LogP contribution in [0.1, 0.15) is 25.5 Å². The topological polar surface area (TPSA) is 75.1 Å². The third-order valence-corrected chi connectivity index (χ3v) is 2.68. The molecule has 1 aromatic heterocycles. The van der Waals surface area contributed by atoms with Gasteiger partial charge in [-0.3, -0.25) is 14.7 Å². The van der Waals surface area contributed by atoms with Crippen LogP contribution < -0.4 is 5.56 Å². The van der Waals surface area contributed by atoms with Crippen LogP contribution in [0.25, 0.3) is 10.9 Å². The first-order valence-electron chi connectivity index (χ1n) is 5.44. The van der Waals surface area contributed by atoms with Gasteiger partial charge >= 0.3 is 5.97 Å². The smallest absolute Gasteiger partial charge is 0.307 e. The average Bonchev–Trinajstić information content (AvgIpc) is 2.56. The van der Waals surface area contributed by atoms with Gasteiger partial charge in [0.1, 0.15) is 0 Å². The van der Waals surface area contributed by atoms with E-state index < -0.39 is 5.97 Å². The number of hydrogen-bond donors (Lipinski definition) is 2. The minimum absolute atomic E-state index is 0.0209. The van der Waals surface area contributed by atoms with Crippen molar-refractivity contribution in [3.63, 3.8) is 0 Å². The predicted molar refractivity (Wildman–Crippen MR) is 64.3 cm³/mol. The number of aromatic nitrogens is 2. The van der Waals surface area contributed by atoms with Crippen molar-refractivity contribution >= 4 is 16.9 Å². The van der Waals surface area contributed by atoms with Gasteiger partial charge < -0.3 is 5.11 Å². The average molecular weight is 234 g/mol. The summed E-state index contributed by atoms with van der Waals surface area (Å²) in [5.74, 6) is -0.936. The van der Waals surface area contributed by atoms with E-state index in [0.717, 1.165) is 0 Å². The van der Waals surface area contributed by atoms with Gasteiger partial charge in [0.25, 0.3) is 5.56 Å². The minimum Gasteiger partial charge on any atom is -0.481 e. The van der Waals surface area contributed by atoms with Gasteiger partial charge in [-0.2, -0.15) is 0 Å². The number of rotatable bonds is 3. The molecule has 0 aliphatic rings. The van der Waals surface area contributed by atoms with Crippen LogP contribution in [-0.4, -0.2) is 20.9 Å². The van der Waals surface area contributed by atoms with E-state index in [9.17, 15) is 9.59 Å². The van der Waals surface area contributed by atoms with Crippen molar-refractivity contribution in [1.82, 2.24) is 9.78 Å². The van der Waals surface area contributed by atoms with Crippen LogP contribution in [0.15, 0.2) is 23.0 Å². The highest BCUT2D eigenvalue weighted by atomic mass is 16.4. The van der Waals surface area contributed by atoms with Crippen molar-refractivity contribution in [2.75, 3.05) is 0 Å². The van der Waals surface area contributed by atoms with Crippen molar-refractivity contribution in [2.24, 2.45) is 0 Å². The molecule has 0 unspecified atom stereocenters. The molecule has 0 aliphatic heterocycles. The first-order chi connectivity index (χ1) is 8.00. The van der Waals surface area contributed by atoms with Crippen molar-refractivity contribution in [3.8, 4) is 0 Å². The first-order valence-corrected chi connectivity index (χ1v) is 5.44. The van der Waals surface area contributed by atoms with Gasteiger partial charge in [0.05, 0.1) is 17.3 Å². The number of fused-ring (bicyclic) bond motifs is 1. The van der Waals surface area contributed by atoms with Crippen molar-refractivity contribution in [3.05, 3.63) is 34.1 Å². The number of hydrogen-bond acceptors (Lipinski definition) is 2. The zero-order valence-electron chi connectivity index (χ0n) is 9.73. The quantitative estimate of drug-likeness (QED) is 0.845. The number of nitrogens with zero attached hydrogens (tertiary/aromatic N) is 1. The highest BCUT2D eigenvalue weighted by Crippen LogP contribution is 2.15. The van der Waals surface area contributed by atoms with E-state index in [-0.39, 0.29) is 18.0 Å². The second kappa shape index (κ2) is 4.08. The molecule has 0 bridgehead atoms. The van der Waals surface area contributed by atoms with E-state index in [1.807, 2.05) is 13.8 Å². The zero-order valence-corrected chi connectivity index (χ0v) is 9.73. The van der Waals surface area contributed by atoms with Gasteiger partial charge in [0.15, 0.2) is 0 Å². The summed E-state index contributed by atoms with van der Waals surface area (Å²) in [5, 5.41) is 12.3. The standard InChI is InChI=1S/C12H14N2O3/c1-7(2)14-12(17)11-8(6-10(15)16)4-3-5-9(11)13-14/h3-5,7,13H,6H2,1-2H3,(H,15,16). The van der Waals surface area contributed by atoms with E-state index in [4.69, 9.17) is 5.11 Å². The largest absolute Gasteiger partial charge is 0.481 e. The first kappa shape index (κ1) is 11.4. The second-order valence-electron chi connectivity index (χ2n) is 4.29. The Bertz CT molecular complexity index is 622. The Morgan fingerprint density at radius 1 is 1.47 bits per heavy atom. The monoisotopic (exact) mass is 234 g/mol. The fourth-order valence-corrected chi connectivity index (χ4v) is 1.92. The van der Waals surface area contributed by atoms with Crippen LogP contribution in [-0.2, 0) is 11.2 Å². The molecule has 2 aromatic rings. The van der Waals surface area contributed by atoms with Crippen LogP contribution in [0, 0.1) is 0 Å². The van der Waals surface area contributed by atoms with Crippen LogP contribution in [0.2, 0.25) is 0 Å². The van der Waals surface area contributed by atoms with E-state index in [1.54, 1.807) is 18.2 Å². The molecular formula is C12H14N2O3. The molecule has 0 fully saturated rings. The van der Waals surface area contributed by atoms with Crippen molar-refractivity contribution < 1.29 is 9.90 Å². The number of aliphatic carboxylic acids is 1. The van der Waals surface area contributed by atoms with Crippen LogP contribution in [0.3, 0.4) is 0 Å². The molecule has 17 heavy (non-hydrogen) atoms. The molecule has 0 amide bonds. The number of carbonyl (C=O) groups is 1. The summed E-state index contributed by atoms with van der Waals surface area (Å²) in [6, 6.07) is 5.23. The predicted octanol–water partition coefficient (Wildman–Crippen LogP) is 1.54. The summed E-state index contributed by atoms with van der Waals surface area (Å²) >= 11 is 0. The number of carboxylic acid groups (broad SMARTS) is 1. The third kappa shape index (κ3) is 1.95. The normalized spacial score (nSPS) is 11.2. The molecule has 0 atom stereocenters. The lowest BCUT2D eigenvalue weighted by atomic mass is 10.1. The molecule has 90 valence electrons. The van der Waals surface area contributed by atoms with Gasteiger partial charge in [-0.05, 0) is 25.5 Å². The van der Waals surface area contributed by atoms with E-state index in [1.165, 1.54) is 4.68 Å². The Balaban J connectivity index is 2.71. The van der Waals surface area contributed by atoms with Gasteiger partial charge in [-0.25, -0.2) is 4.68 Å². The summed E-state index contributed by atoms with van der Waals surface area (Å²) in [6.07, 6.45) is -0.136. The lowest BCUT2D eigenvalue weighted by molar-refractivity contribution is -0.136. The number of H-pyrrole nitrogens is 1. The number of benzene rings is 1. The lowest BCUT2D eigenvalue weighted by Gasteiger charge is -2.03. The molecule has 0 aliphatic carbocycles. The van der Waals surface area contributed by atoms with E-state index in [0.29, 0.717) is 16.5 Å². The molecule has 5 nitrogen and oxygen atoms in total. The fourth-order valence-electron chi connectivity index (χ4n) is 1.92. The van der Waals surface area contributed by atoms with Crippen molar-refractivity contribution in [1.29, 1.82) is 0 Å². The maximum absolute atomic E-state index is 12.1. The Labute approximate surface area is 97.7 Å². The summed E-state index contributed by atoms with van der Waals surface area (Å²) in [6.45, 7) is 3.79. The van der Waals surface area contributed by atoms with Gasteiger partial charge in [-0.15, -0.1) is 0 Å². The van der Waals surface area contributed by atoms with Crippen LogP contribution >= 0.6 is 0 Å². The number of carboxylic acids is 1. The molecule has 0 spiro atoms. The van der Waals surface area contributed by atoms with Gasteiger partial charge in [0.2, 0.25) is 0 Å². The van der Waals surface area contributed by atoms with E-state index >= 15 is 0 Å². The van der Waals surface area contributed by atoms with Crippen molar-refractivity contribution in [2.45, 2.75) is 26.3 Å². The summed E-state index contributed by atoms with van der Waals surface area (Å²) < 4.78 is 1.51. The summed E-state index contributed by atoms with van der Waals surface area (Å²) in [5.41, 5.74) is 1.07. The molecule has 0 radical (unpaired) electrons. The van der Waals surface area contributed by atoms with Crippen LogP contribution in [0.5, 0.6) is 0 Å². The Kier molecular flexibility index (Phi) is 2.75. The summed E-state index contributed by atoms with van der Waals surface area (Å²) in [4.78, 5) is 22.9. The number of nitrogens with one attached hydrogen (secondary N) is 1. The highest BCUT2D eigenvalue weighted by molar-refractivity contribution is 5.85. The Hall–Kier alpha value is -2.04. The summed E-state index contributed by atoms with van der Waals surface area (Å²) in [7, 11) is 0. The maximum Gasteiger partial charge on any atom is 0.307 e. The molecule has 2 rings (SSSR count). The molecule has 5 heteroatoms. The molecular weight excluding hydrogens is 220 g/mol. The Morgan fingerprint density at radius 3 is 2.76 bits per heavy atom. The second-order valence-corrected chi connectivity index (χ2v) is 4.29. The highest BCUT2D eigenvalue weighted by Gasteiger charge is 2.14. The molecule has 2 N–H and O–H groups in total. The van der Waals surface area contributed by atoms with Gasteiger partial charge in [-0.1, -0.05) is 12.1 Å². The Morgan fingerprint density at radius 2 is 2.18 bits per heavy atom. The molecule has 0 saturated heterocycles. The zero-order chi connectivity index (χ0) is 12.6. The third-order valence-electron chi connectivity index (χ3n) is 2.68. The van der Waals surface area contributed by atoms with Gasteiger partial charge in [0, 0.05) is 6.04 Å². The maximum atomic E-state index is 12.1. The van der Waals surface area contributed by atoms with E-state index in [2.05, 4.69) is 5.10 Å².